The molecule has 1 aliphatic carbocycles. The standard InChI is InChI=1S/C12H15FN2O3/c13-10-5-11(7-12(6-10)15(16)17)14-3-4-18-8-9-1-2-9/h5-7,9,14H,1-4,8H2. The first-order chi connectivity index (χ1) is 8.65. The van der Waals surface area contributed by atoms with Crippen LogP contribution >= 0.6 is 0 Å². The molecule has 0 unspecified atom stereocenters. The van der Waals surface area contributed by atoms with Gasteiger partial charge in [-0.3, -0.25) is 10.1 Å². The Morgan fingerprint density at radius 2 is 2.22 bits per heavy atom. The van der Waals surface area contributed by atoms with Crippen molar-refractivity contribution in [3.63, 3.8) is 0 Å². The van der Waals surface area contributed by atoms with Gasteiger partial charge < -0.3 is 10.1 Å². The zero-order chi connectivity index (χ0) is 13.0. The number of non-ortho nitro benzene ring substituents is 1. The number of nitro benzene ring substituents is 1. The van der Waals surface area contributed by atoms with E-state index in [0.29, 0.717) is 24.8 Å². The van der Waals surface area contributed by atoms with Crippen molar-refractivity contribution >= 4 is 11.4 Å². The fourth-order valence-corrected chi connectivity index (χ4v) is 1.58. The predicted octanol–water partition coefficient (Wildman–Crippen LogP) is 2.57. The maximum Gasteiger partial charge on any atom is 0.274 e. The molecule has 1 aliphatic rings. The zero-order valence-electron chi connectivity index (χ0n) is 9.89. The third kappa shape index (κ3) is 3.96. The van der Waals surface area contributed by atoms with E-state index >= 15 is 0 Å². The highest BCUT2D eigenvalue weighted by Crippen LogP contribution is 2.28. The smallest absolute Gasteiger partial charge is 0.274 e. The van der Waals surface area contributed by atoms with Gasteiger partial charge in [0, 0.05) is 24.9 Å². The molecule has 1 N–H and O–H groups in total. The topological polar surface area (TPSA) is 64.4 Å². The van der Waals surface area contributed by atoms with Gasteiger partial charge in [-0.1, -0.05) is 0 Å². The van der Waals surface area contributed by atoms with E-state index in [1.165, 1.54) is 25.0 Å². The summed E-state index contributed by atoms with van der Waals surface area (Å²) < 4.78 is 18.5. The molecule has 0 amide bonds. The first-order valence-electron chi connectivity index (χ1n) is 5.92. The monoisotopic (exact) mass is 254 g/mol. The Bertz CT molecular complexity index is 435. The minimum absolute atomic E-state index is 0.253. The van der Waals surface area contributed by atoms with Crippen LogP contribution in [0.25, 0.3) is 0 Å². The second kappa shape index (κ2) is 5.77. The van der Waals surface area contributed by atoms with Crippen molar-refractivity contribution in [3.05, 3.63) is 34.1 Å². The zero-order valence-corrected chi connectivity index (χ0v) is 9.89. The van der Waals surface area contributed by atoms with E-state index in [4.69, 9.17) is 4.74 Å². The molecule has 1 saturated carbocycles. The van der Waals surface area contributed by atoms with Crippen LogP contribution in [0.2, 0.25) is 0 Å². The molecular weight excluding hydrogens is 239 g/mol. The van der Waals surface area contributed by atoms with Gasteiger partial charge in [-0.15, -0.1) is 0 Å². The summed E-state index contributed by atoms with van der Waals surface area (Å²) in [5.41, 5.74) is 0.146. The lowest BCUT2D eigenvalue weighted by molar-refractivity contribution is -0.385. The largest absolute Gasteiger partial charge is 0.382 e. The second-order valence-electron chi connectivity index (χ2n) is 4.40. The normalized spacial score (nSPS) is 14.5. The van der Waals surface area contributed by atoms with E-state index in [9.17, 15) is 14.5 Å². The molecule has 0 bridgehead atoms. The van der Waals surface area contributed by atoms with Crippen LogP contribution in [0.5, 0.6) is 0 Å². The van der Waals surface area contributed by atoms with Gasteiger partial charge in [0.2, 0.25) is 0 Å². The molecular formula is C12H15FN2O3. The summed E-state index contributed by atoms with van der Waals surface area (Å²) in [6.07, 6.45) is 2.48. The van der Waals surface area contributed by atoms with E-state index in [-0.39, 0.29) is 5.69 Å². The summed E-state index contributed by atoms with van der Waals surface area (Å²) >= 11 is 0. The Morgan fingerprint density at radius 3 is 2.89 bits per heavy atom. The van der Waals surface area contributed by atoms with Crippen molar-refractivity contribution in [2.45, 2.75) is 12.8 Å². The highest BCUT2D eigenvalue weighted by Gasteiger charge is 2.20. The number of nitrogens with zero attached hydrogens (tertiary/aromatic N) is 1. The van der Waals surface area contributed by atoms with E-state index in [0.717, 1.165) is 12.7 Å². The second-order valence-corrected chi connectivity index (χ2v) is 4.40. The van der Waals surface area contributed by atoms with Gasteiger partial charge in [0.05, 0.1) is 17.6 Å². The van der Waals surface area contributed by atoms with Gasteiger partial charge in [0.1, 0.15) is 5.82 Å². The number of nitro groups is 1. The third-order valence-electron chi connectivity index (χ3n) is 2.72. The molecule has 1 aromatic rings. The van der Waals surface area contributed by atoms with E-state index in [2.05, 4.69) is 5.32 Å². The molecule has 0 aliphatic heterocycles. The van der Waals surface area contributed by atoms with Crippen molar-refractivity contribution in [3.8, 4) is 0 Å². The van der Waals surface area contributed by atoms with Crippen molar-refractivity contribution in [2.24, 2.45) is 5.92 Å². The lowest BCUT2D eigenvalue weighted by atomic mass is 10.2. The number of benzene rings is 1. The molecule has 6 heteroatoms. The molecule has 0 spiro atoms. The number of halogens is 1. The summed E-state index contributed by atoms with van der Waals surface area (Å²) in [6.45, 7) is 1.79. The molecule has 0 heterocycles. The number of hydrogen-bond donors (Lipinski definition) is 1. The fraction of sp³-hybridized carbons (Fsp3) is 0.500. The van der Waals surface area contributed by atoms with Crippen LogP contribution in [0.4, 0.5) is 15.8 Å². The summed E-state index contributed by atoms with van der Waals surface area (Å²) in [5.74, 6) is 0.0888. The van der Waals surface area contributed by atoms with Gasteiger partial charge in [-0.2, -0.15) is 0 Å². The van der Waals surface area contributed by atoms with Crippen LogP contribution in [0.1, 0.15) is 12.8 Å². The van der Waals surface area contributed by atoms with Gasteiger partial charge in [0.25, 0.3) is 5.69 Å². The Morgan fingerprint density at radius 1 is 1.44 bits per heavy atom. The molecule has 98 valence electrons. The molecule has 1 fully saturated rings. The Balaban J connectivity index is 1.78. The van der Waals surface area contributed by atoms with E-state index < -0.39 is 10.7 Å². The minimum Gasteiger partial charge on any atom is -0.382 e. The molecule has 5 nitrogen and oxygen atoms in total. The average Bonchev–Trinajstić information content (AvgIpc) is 3.12. The lowest BCUT2D eigenvalue weighted by Crippen LogP contribution is -2.10. The van der Waals surface area contributed by atoms with Gasteiger partial charge in [-0.25, -0.2) is 4.39 Å². The predicted molar refractivity (Wildman–Crippen MR) is 65.1 cm³/mol. The van der Waals surface area contributed by atoms with Crippen LogP contribution in [0.3, 0.4) is 0 Å². The van der Waals surface area contributed by atoms with Crippen molar-refractivity contribution < 1.29 is 14.1 Å². The molecule has 2 rings (SSSR count). The highest BCUT2D eigenvalue weighted by molar-refractivity contribution is 5.51. The third-order valence-corrected chi connectivity index (χ3v) is 2.72. The minimum atomic E-state index is -0.620. The van der Waals surface area contributed by atoms with Crippen molar-refractivity contribution in [1.29, 1.82) is 0 Å². The lowest BCUT2D eigenvalue weighted by Gasteiger charge is -2.07. The maximum absolute atomic E-state index is 13.1. The molecule has 1 aromatic carbocycles. The maximum atomic E-state index is 13.1. The Hall–Kier alpha value is -1.69. The fourth-order valence-electron chi connectivity index (χ4n) is 1.58. The SMILES string of the molecule is O=[N+]([O-])c1cc(F)cc(NCCOCC2CC2)c1. The molecule has 0 aromatic heterocycles. The molecule has 0 radical (unpaired) electrons. The quantitative estimate of drug-likeness (QED) is 0.461. The Labute approximate surface area is 104 Å². The van der Waals surface area contributed by atoms with Crippen LogP contribution < -0.4 is 5.32 Å². The van der Waals surface area contributed by atoms with Gasteiger partial charge in [0.15, 0.2) is 0 Å². The van der Waals surface area contributed by atoms with Gasteiger partial charge >= 0.3 is 0 Å². The number of ether oxygens (including phenoxy) is 1. The molecule has 18 heavy (non-hydrogen) atoms. The van der Waals surface area contributed by atoms with Gasteiger partial charge in [-0.05, 0) is 24.8 Å². The van der Waals surface area contributed by atoms with Crippen LogP contribution in [-0.2, 0) is 4.74 Å². The molecule has 0 saturated heterocycles. The van der Waals surface area contributed by atoms with Crippen LogP contribution in [0, 0.1) is 21.8 Å². The van der Waals surface area contributed by atoms with E-state index in [1.807, 2.05) is 0 Å². The molecule has 0 atom stereocenters. The number of nitrogens with one attached hydrogen (secondary N) is 1. The summed E-state index contributed by atoms with van der Waals surface area (Å²) in [4.78, 5) is 9.94. The summed E-state index contributed by atoms with van der Waals surface area (Å²) in [5, 5.41) is 13.5. The first kappa shape index (κ1) is 12.8. The summed E-state index contributed by atoms with van der Waals surface area (Å²) in [6, 6.07) is 3.44. The first-order valence-corrected chi connectivity index (χ1v) is 5.92. The van der Waals surface area contributed by atoms with Crippen molar-refractivity contribution in [1.82, 2.24) is 0 Å². The van der Waals surface area contributed by atoms with Crippen LogP contribution in [-0.4, -0.2) is 24.7 Å². The number of hydrogen-bond acceptors (Lipinski definition) is 4. The summed E-state index contributed by atoms with van der Waals surface area (Å²) in [7, 11) is 0. The van der Waals surface area contributed by atoms with E-state index in [1.54, 1.807) is 0 Å². The number of rotatable bonds is 7. The van der Waals surface area contributed by atoms with Crippen LogP contribution in [0.15, 0.2) is 18.2 Å². The Kier molecular flexibility index (Phi) is 4.09. The highest BCUT2D eigenvalue weighted by atomic mass is 19.1. The average molecular weight is 254 g/mol. The van der Waals surface area contributed by atoms with Crippen molar-refractivity contribution in [2.75, 3.05) is 25.1 Å². The number of anilines is 1.